The zero-order valence-electron chi connectivity index (χ0n) is 10.6. The summed E-state index contributed by atoms with van der Waals surface area (Å²) in [4.78, 5) is 0. The Morgan fingerprint density at radius 3 is 2.19 bits per heavy atom. The van der Waals surface area contributed by atoms with E-state index in [1.807, 2.05) is 0 Å². The van der Waals surface area contributed by atoms with E-state index >= 15 is 0 Å². The first-order valence-corrected chi connectivity index (χ1v) is 6.31. The molecule has 0 amide bonds. The standard InChI is InChI=1S/C12H23N3O/c1-4-7-10(8-5-2)12-14-13-11(9-16)15(12)6-3/h10,16H,4-9H2,1-3H3. The summed E-state index contributed by atoms with van der Waals surface area (Å²) < 4.78 is 2.05. The molecule has 0 fully saturated rings. The summed E-state index contributed by atoms with van der Waals surface area (Å²) in [5.41, 5.74) is 0. The Kier molecular flexibility index (Phi) is 5.46. The van der Waals surface area contributed by atoms with E-state index < -0.39 is 0 Å². The smallest absolute Gasteiger partial charge is 0.158 e. The molecule has 1 aromatic rings. The number of aromatic nitrogens is 3. The van der Waals surface area contributed by atoms with Crippen molar-refractivity contribution in [3.8, 4) is 0 Å². The molecule has 1 heterocycles. The summed E-state index contributed by atoms with van der Waals surface area (Å²) in [6.07, 6.45) is 4.63. The minimum Gasteiger partial charge on any atom is -0.388 e. The van der Waals surface area contributed by atoms with Crippen molar-refractivity contribution in [3.05, 3.63) is 11.6 Å². The largest absolute Gasteiger partial charge is 0.388 e. The van der Waals surface area contributed by atoms with Gasteiger partial charge in [0.2, 0.25) is 0 Å². The van der Waals surface area contributed by atoms with Gasteiger partial charge in [-0.1, -0.05) is 26.7 Å². The summed E-state index contributed by atoms with van der Waals surface area (Å²) in [5.74, 6) is 2.23. The van der Waals surface area contributed by atoms with Crippen LogP contribution < -0.4 is 0 Å². The molecule has 0 aliphatic carbocycles. The van der Waals surface area contributed by atoms with E-state index in [0.29, 0.717) is 11.7 Å². The van der Waals surface area contributed by atoms with Crippen LogP contribution in [0.15, 0.2) is 0 Å². The number of hydrogen-bond donors (Lipinski definition) is 1. The fraction of sp³-hybridized carbons (Fsp3) is 0.833. The van der Waals surface area contributed by atoms with Crippen LogP contribution in [0.4, 0.5) is 0 Å². The zero-order chi connectivity index (χ0) is 12.0. The van der Waals surface area contributed by atoms with E-state index in [1.54, 1.807) is 0 Å². The molecular weight excluding hydrogens is 202 g/mol. The Labute approximate surface area is 97.7 Å². The van der Waals surface area contributed by atoms with Crippen LogP contribution in [0.3, 0.4) is 0 Å². The van der Waals surface area contributed by atoms with Crippen molar-refractivity contribution in [2.24, 2.45) is 0 Å². The molecule has 4 nitrogen and oxygen atoms in total. The lowest BCUT2D eigenvalue weighted by atomic mass is 9.97. The van der Waals surface area contributed by atoms with Crippen molar-refractivity contribution in [1.29, 1.82) is 0 Å². The van der Waals surface area contributed by atoms with Crippen LogP contribution in [0.1, 0.15) is 64.0 Å². The molecule has 0 aliphatic rings. The van der Waals surface area contributed by atoms with Crippen LogP contribution in [-0.4, -0.2) is 19.9 Å². The fourth-order valence-electron chi connectivity index (χ4n) is 2.21. The maximum absolute atomic E-state index is 9.18. The molecule has 0 radical (unpaired) electrons. The third kappa shape index (κ3) is 2.82. The Balaban J connectivity index is 2.93. The van der Waals surface area contributed by atoms with Crippen LogP contribution >= 0.6 is 0 Å². The van der Waals surface area contributed by atoms with Gasteiger partial charge in [-0.2, -0.15) is 0 Å². The van der Waals surface area contributed by atoms with E-state index in [-0.39, 0.29) is 6.61 Å². The first kappa shape index (κ1) is 13.2. The van der Waals surface area contributed by atoms with E-state index in [0.717, 1.165) is 38.1 Å². The van der Waals surface area contributed by atoms with Gasteiger partial charge in [-0.3, -0.25) is 0 Å². The van der Waals surface area contributed by atoms with Crippen LogP contribution in [0.25, 0.3) is 0 Å². The molecule has 1 rings (SSSR count). The minimum absolute atomic E-state index is 0.0220. The lowest BCUT2D eigenvalue weighted by Gasteiger charge is -2.15. The van der Waals surface area contributed by atoms with Crippen molar-refractivity contribution in [3.63, 3.8) is 0 Å². The van der Waals surface area contributed by atoms with Crippen molar-refractivity contribution < 1.29 is 5.11 Å². The molecule has 0 bridgehead atoms. The predicted molar refractivity (Wildman–Crippen MR) is 64.2 cm³/mol. The zero-order valence-corrected chi connectivity index (χ0v) is 10.6. The van der Waals surface area contributed by atoms with Gasteiger partial charge in [0, 0.05) is 12.5 Å². The third-order valence-electron chi connectivity index (χ3n) is 2.95. The highest BCUT2D eigenvalue weighted by Crippen LogP contribution is 2.25. The van der Waals surface area contributed by atoms with Crippen LogP contribution in [0.5, 0.6) is 0 Å². The summed E-state index contributed by atoms with van der Waals surface area (Å²) in [7, 11) is 0. The number of aliphatic hydroxyl groups excluding tert-OH is 1. The molecule has 1 N–H and O–H groups in total. The molecule has 0 saturated carbocycles. The lowest BCUT2D eigenvalue weighted by Crippen LogP contribution is -2.11. The van der Waals surface area contributed by atoms with Gasteiger partial charge in [-0.05, 0) is 19.8 Å². The van der Waals surface area contributed by atoms with E-state index in [4.69, 9.17) is 0 Å². The molecule has 0 saturated heterocycles. The molecule has 92 valence electrons. The van der Waals surface area contributed by atoms with Crippen LogP contribution in [0, 0.1) is 0 Å². The molecule has 4 heteroatoms. The minimum atomic E-state index is -0.0220. The molecule has 0 atom stereocenters. The first-order valence-electron chi connectivity index (χ1n) is 6.31. The molecule has 0 spiro atoms. The van der Waals surface area contributed by atoms with Gasteiger partial charge in [-0.15, -0.1) is 10.2 Å². The van der Waals surface area contributed by atoms with E-state index in [2.05, 4.69) is 35.5 Å². The Morgan fingerprint density at radius 1 is 1.12 bits per heavy atom. The summed E-state index contributed by atoms with van der Waals surface area (Å²) in [6, 6.07) is 0. The maximum Gasteiger partial charge on any atom is 0.158 e. The summed E-state index contributed by atoms with van der Waals surface area (Å²) >= 11 is 0. The monoisotopic (exact) mass is 225 g/mol. The third-order valence-corrected chi connectivity index (χ3v) is 2.95. The van der Waals surface area contributed by atoms with Gasteiger partial charge in [0.05, 0.1) is 0 Å². The summed E-state index contributed by atoms with van der Waals surface area (Å²) in [6.45, 7) is 7.28. The Hall–Kier alpha value is -0.900. The lowest BCUT2D eigenvalue weighted by molar-refractivity contribution is 0.264. The Bertz CT molecular complexity index is 303. The maximum atomic E-state index is 9.18. The molecule has 0 aliphatic heterocycles. The van der Waals surface area contributed by atoms with Crippen LogP contribution in [-0.2, 0) is 13.2 Å². The molecule has 16 heavy (non-hydrogen) atoms. The van der Waals surface area contributed by atoms with Crippen LogP contribution in [0.2, 0.25) is 0 Å². The fourth-order valence-corrected chi connectivity index (χ4v) is 2.21. The SMILES string of the molecule is CCCC(CCC)c1nnc(CO)n1CC. The highest BCUT2D eigenvalue weighted by molar-refractivity contribution is 5.01. The summed E-state index contributed by atoms with van der Waals surface area (Å²) in [5, 5.41) is 17.5. The van der Waals surface area contributed by atoms with Crippen molar-refractivity contribution in [2.75, 3.05) is 0 Å². The second kappa shape index (κ2) is 6.63. The van der Waals surface area contributed by atoms with Gasteiger partial charge < -0.3 is 9.67 Å². The normalized spacial score (nSPS) is 11.3. The molecule has 0 unspecified atom stereocenters. The topological polar surface area (TPSA) is 50.9 Å². The second-order valence-electron chi connectivity index (χ2n) is 4.15. The van der Waals surface area contributed by atoms with Gasteiger partial charge in [0.15, 0.2) is 5.82 Å². The number of nitrogens with zero attached hydrogens (tertiary/aromatic N) is 3. The Morgan fingerprint density at radius 2 is 1.75 bits per heavy atom. The van der Waals surface area contributed by atoms with Gasteiger partial charge in [-0.25, -0.2) is 0 Å². The number of aliphatic hydroxyl groups is 1. The molecule has 1 aromatic heterocycles. The van der Waals surface area contributed by atoms with Gasteiger partial charge >= 0.3 is 0 Å². The van der Waals surface area contributed by atoms with E-state index in [9.17, 15) is 5.11 Å². The highest BCUT2D eigenvalue weighted by atomic mass is 16.3. The van der Waals surface area contributed by atoms with Gasteiger partial charge in [0.25, 0.3) is 0 Å². The van der Waals surface area contributed by atoms with Crippen molar-refractivity contribution in [2.45, 2.75) is 65.5 Å². The van der Waals surface area contributed by atoms with Gasteiger partial charge in [0.1, 0.15) is 12.4 Å². The van der Waals surface area contributed by atoms with E-state index in [1.165, 1.54) is 0 Å². The highest BCUT2D eigenvalue weighted by Gasteiger charge is 2.18. The van der Waals surface area contributed by atoms with Crippen molar-refractivity contribution in [1.82, 2.24) is 14.8 Å². The predicted octanol–water partition coefficient (Wildman–Crippen LogP) is 2.47. The average Bonchev–Trinajstić information content (AvgIpc) is 2.71. The molecule has 0 aromatic carbocycles. The average molecular weight is 225 g/mol. The number of rotatable bonds is 7. The number of hydrogen-bond acceptors (Lipinski definition) is 3. The molecular formula is C12H23N3O. The quantitative estimate of drug-likeness (QED) is 0.775. The first-order chi connectivity index (χ1) is 7.78. The van der Waals surface area contributed by atoms with Crippen molar-refractivity contribution >= 4 is 0 Å². The second-order valence-corrected chi connectivity index (χ2v) is 4.15.